The summed E-state index contributed by atoms with van der Waals surface area (Å²) in [6, 6.07) is 8.55. The zero-order valence-corrected chi connectivity index (χ0v) is 12.7. The molecule has 0 amide bonds. The minimum atomic E-state index is 0.613. The predicted octanol–water partition coefficient (Wildman–Crippen LogP) is 4.99. The molecule has 0 aliphatic carbocycles. The molecule has 0 aliphatic rings. The molecule has 1 unspecified atom stereocenters. The van der Waals surface area contributed by atoms with Gasteiger partial charge in [0.2, 0.25) is 0 Å². The molecule has 1 aromatic carbocycles. The van der Waals surface area contributed by atoms with Crippen molar-refractivity contribution in [2.75, 3.05) is 17.4 Å². The molecule has 90 valence electrons. The molecule has 0 nitrogen and oxygen atoms in total. The smallest absolute Gasteiger partial charge is 0.0255 e. The third-order valence-electron chi connectivity index (χ3n) is 2.53. The van der Waals surface area contributed by atoms with Crippen LogP contribution in [0.4, 0.5) is 0 Å². The molecule has 1 aromatic rings. The number of benzene rings is 1. The van der Waals surface area contributed by atoms with Gasteiger partial charge in [-0.1, -0.05) is 35.0 Å². The molecule has 0 N–H and O–H groups in total. The molecule has 1 rings (SSSR count). The molecule has 0 radical (unpaired) electrons. The van der Waals surface area contributed by atoms with Crippen LogP contribution >= 0.6 is 39.3 Å². The van der Waals surface area contributed by atoms with E-state index in [4.69, 9.17) is 11.6 Å². The van der Waals surface area contributed by atoms with Gasteiger partial charge in [-0.05, 0) is 48.0 Å². The quantitative estimate of drug-likeness (QED) is 0.503. The summed E-state index contributed by atoms with van der Waals surface area (Å²) < 4.78 is 1.14. The van der Waals surface area contributed by atoms with Gasteiger partial charge in [0, 0.05) is 10.4 Å². The molecule has 1 atom stereocenters. The standard InChI is InChI=1S/C13H18BrClS/c1-2-16-8-7-12(10-15)9-11-3-5-13(14)6-4-11/h3-6,12H,2,7-10H2,1H3. The first-order valence-corrected chi connectivity index (χ1v) is 8.12. The fraction of sp³-hybridized carbons (Fsp3) is 0.538. The Morgan fingerprint density at radius 3 is 2.56 bits per heavy atom. The van der Waals surface area contributed by atoms with Crippen LogP contribution in [-0.4, -0.2) is 17.4 Å². The van der Waals surface area contributed by atoms with Crippen LogP contribution in [0.25, 0.3) is 0 Å². The highest BCUT2D eigenvalue weighted by molar-refractivity contribution is 9.10. The highest BCUT2D eigenvalue weighted by Gasteiger charge is 2.08. The van der Waals surface area contributed by atoms with Crippen LogP contribution in [-0.2, 0) is 6.42 Å². The van der Waals surface area contributed by atoms with Gasteiger partial charge in [-0.25, -0.2) is 0 Å². The highest BCUT2D eigenvalue weighted by atomic mass is 79.9. The topological polar surface area (TPSA) is 0 Å². The number of halogens is 2. The van der Waals surface area contributed by atoms with Gasteiger partial charge in [-0.15, -0.1) is 11.6 Å². The van der Waals surface area contributed by atoms with Crippen LogP contribution < -0.4 is 0 Å². The van der Waals surface area contributed by atoms with Crippen molar-refractivity contribution in [2.24, 2.45) is 5.92 Å². The van der Waals surface area contributed by atoms with E-state index in [9.17, 15) is 0 Å². The molecular weight excluding hydrogens is 304 g/mol. The first kappa shape index (κ1) is 14.4. The second-order valence-corrected chi connectivity index (χ2v) is 6.45. The summed E-state index contributed by atoms with van der Waals surface area (Å²) in [4.78, 5) is 0. The summed E-state index contributed by atoms with van der Waals surface area (Å²) in [5, 5.41) is 0. The van der Waals surface area contributed by atoms with Gasteiger partial charge >= 0.3 is 0 Å². The molecule has 3 heteroatoms. The Hall–Kier alpha value is 0.340. The fourth-order valence-corrected chi connectivity index (χ4v) is 2.90. The molecule has 0 aromatic heterocycles. The summed E-state index contributed by atoms with van der Waals surface area (Å²) >= 11 is 11.5. The first-order valence-electron chi connectivity index (χ1n) is 5.64. The zero-order chi connectivity index (χ0) is 11.8. The van der Waals surface area contributed by atoms with Crippen LogP contribution in [0.5, 0.6) is 0 Å². The fourth-order valence-electron chi connectivity index (χ4n) is 1.58. The normalized spacial score (nSPS) is 12.7. The van der Waals surface area contributed by atoms with E-state index in [-0.39, 0.29) is 0 Å². The van der Waals surface area contributed by atoms with Crippen LogP contribution in [0.1, 0.15) is 18.9 Å². The Kier molecular flexibility index (Phi) is 7.59. The second kappa shape index (κ2) is 8.43. The van der Waals surface area contributed by atoms with Gasteiger partial charge < -0.3 is 0 Å². The lowest BCUT2D eigenvalue weighted by molar-refractivity contribution is 0.571. The summed E-state index contributed by atoms with van der Waals surface area (Å²) in [6.07, 6.45) is 2.32. The Morgan fingerprint density at radius 1 is 1.31 bits per heavy atom. The van der Waals surface area contributed by atoms with Gasteiger partial charge in [0.05, 0.1) is 0 Å². The SMILES string of the molecule is CCSCCC(CCl)Cc1ccc(Br)cc1. The number of alkyl halides is 1. The second-order valence-electron chi connectivity index (χ2n) is 3.84. The molecule has 0 aliphatic heterocycles. The lowest BCUT2D eigenvalue weighted by atomic mass is 9.99. The van der Waals surface area contributed by atoms with Crippen molar-refractivity contribution in [2.45, 2.75) is 19.8 Å². The molecular formula is C13H18BrClS. The van der Waals surface area contributed by atoms with Crippen LogP contribution in [0.2, 0.25) is 0 Å². The van der Waals surface area contributed by atoms with E-state index < -0.39 is 0 Å². The monoisotopic (exact) mass is 320 g/mol. The van der Waals surface area contributed by atoms with Crippen LogP contribution in [0.15, 0.2) is 28.7 Å². The summed E-state index contributed by atoms with van der Waals surface area (Å²) in [5.41, 5.74) is 1.38. The number of rotatable bonds is 7. The third kappa shape index (κ3) is 5.60. The van der Waals surface area contributed by atoms with Crippen molar-refractivity contribution in [3.05, 3.63) is 34.3 Å². The maximum atomic E-state index is 6.01. The number of hydrogen-bond donors (Lipinski definition) is 0. The van der Waals surface area contributed by atoms with Gasteiger partial charge in [0.25, 0.3) is 0 Å². The van der Waals surface area contributed by atoms with E-state index in [1.54, 1.807) is 0 Å². The zero-order valence-electron chi connectivity index (χ0n) is 9.59. The van der Waals surface area contributed by atoms with Crippen molar-refractivity contribution < 1.29 is 0 Å². The lowest BCUT2D eigenvalue weighted by Gasteiger charge is -2.13. The van der Waals surface area contributed by atoms with Crippen molar-refractivity contribution in [1.29, 1.82) is 0 Å². The maximum Gasteiger partial charge on any atom is 0.0255 e. The highest BCUT2D eigenvalue weighted by Crippen LogP contribution is 2.18. The van der Waals surface area contributed by atoms with E-state index >= 15 is 0 Å². The Bertz CT molecular complexity index is 286. The molecule has 0 heterocycles. The van der Waals surface area contributed by atoms with Gasteiger partial charge in [0.15, 0.2) is 0 Å². The summed E-state index contributed by atoms with van der Waals surface area (Å²) in [7, 11) is 0. The van der Waals surface area contributed by atoms with Crippen molar-refractivity contribution in [3.8, 4) is 0 Å². The predicted molar refractivity (Wildman–Crippen MR) is 79.7 cm³/mol. The molecule has 0 spiro atoms. The molecule has 0 saturated heterocycles. The van der Waals surface area contributed by atoms with E-state index in [0.717, 1.165) is 16.8 Å². The maximum absolute atomic E-state index is 6.01. The van der Waals surface area contributed by atoms with Crippen molar-refractivity contribution >= 4 is 39.3 Å². The minimum Gasteiger partial charge on any atom is -0.162 e. The Balaban J connectivity index is 2.40. The van der Waals surface area contributed by atoms with E-state index in [2.05, 4.69) is 47.1 Å². The van der Waals surface area contributed by atoms with Crippen LogP contribution in [0, 0.1) is 5.92 Å². The summed E-state index contributed by atoms with van der Waals surface area (Å²) in [5.74, 6) is 3.81. The first-order chi connectivity index (χ1) is 7.76. The average molecular weight is 322 g/mol. The van der Waals surface area contributed by atoms with Gasteiger partial charge in [0.1, 0.15) is 0 Å². The number of thioether (sulfide) groups is 1. The molecule has 0 bridgehead atoms. The van der Waals surface area contributed by atoms with E-state index in [0.29, 0.717) is 5.92 Å². The molecule has 16 heavy (non-hydrogen) atoms. The molecule has 0 fully saturated rings. The number of hydrogen-bond acceptors (Lipinski definition) is 1. The molecule has 0 saturated carbocycles. The van der Waals surface area contributed by atoms with Gasteiger partial charge in [-0.3, -0.25) is 0 Å². The average Bonchev–Trinajstić information content (AvgIpc) is 2.31. The Labute approximate surface area is 116 Å². The van der Waals surface area contributed by atoms with Crippen molar-refractivity contribution in [3.63, 3.8) is 0 Å². The minimum absolute atomic E-state index is 0.613. The largest absolute Gasteiger partial charge is 0.162 e. The van der Waals surface area contributed by atoms with E-state index in [1.165, 1.54) is 23.5 Å². The summed E-state index contributed by atoms with van der Waals surface area (Å²) in [6.45, 7) is 2.20. The van der Waals surface area contributed by atoms with Crippen LogP contribution in [0.3, 0.4) is 0 Å². The van der Waals surface area contributed by atoms with Gasteiger partial charge in [-0.2, -0.15) is 11.8 Å². The van der Waals surface area contributed by atoms with E-state index in [1.807, 2.05) is 11.8 Å². The third-order valence-corrected chi connectivity index (χ3v) is 4.43. The Morgan fingerprint density at radius 2 is 2.00 bits per heavy atom. The van der Waals surface area contributed by atoms with Crippen molar-refractivity contribution in [1.82, 2.24) is 0 Å². The lowest BCUT2D eigenvalue weighted by Crippen LogP contribution is -2.07.